The van der Waals surface area contributed by atoms with Crippen molar-refractivity contribution in [2.45, 2.75) is 31.7 Å². The standard InChI is InChI=1S/C16H19N3O/c1-17-16(20)13-6-4-5-12(9-13)15-10-18-11-19(15)14-7-2-3-8-14/h4-6,9-11,14H,2-3,7-8H2,1H3,(H,17,20). The van der Waals surface area contributed by atoms with Gasteiger partial charge in [-0.15, -0.1) is 0 Å². The fraction of sp³-hybridized carbons (Fsp3) is 0.375. The largest absolute Gasteiger partial charge is 0.355 e. The number of amides is 1. The molecule has 0 aliphatic heterocycles. The normalized spacial score (nSPS) is 15.4. The van der Waals surface area contributed by atoms with Gasteiger partial charge >= 0.3 is 0 Å². The van der Waals surface area contributed by atoms with Crippen LogP contribution in [0.5, 0.6) is 0 Å². The molecule has 4 nitrogen and oxygen atoms in total. The van der Waals surface area contributed by atoms with Crippen molar-refractivity contribution in [3.05, 3.63) is 42.4 Å². The number of hydrogen-bond acceptors (Lipinski definition) is 2. The summed E-state index contributed by atoms with van der Waals surface area (Å²) >= 11 is 0. The van der Waals surface area contributed by atoms with Gasteiger partial charge in [-0.25, -0.2) is 4.98 Å². The Morgan fingerprint density at radius 1 is 1.35 bits per heavy atom. The molecule has 0 unspecified atom stereocenters. The third kappa shape index (κ3) is 2.33. The lowest BCUT2D eigenvalue weighted by molar-refractivity contribution is 0.0963. The van der Waals surface area contributed by atoms with E-state index in [0.29, 0.717) is 11.6 Å². The van der Waals surface area contributed by atoms with E-state index < -0.39 is 0 Å². The van der Waals surface area contributed by atoms with Gasteiger partial charge in [0.25, 0.3) is 5.91 Å². The molecule has 0 radical (unpaired) electrons. The van der Waals surface area contributed by atoms with Crippen molar-refractivity contribution >= 4 is 5.91 Å². The summed E-state index contributed by atoms with van der Waals surface area (Å²) in [5.74, 6) is -0.0567. The second-order valence-electron chi connectivity index (χ2n) is 5.28. The van der Waals surface area contributed by atoms with Crippen LogP contribution in [0.25, 0.3) is 11.3 Å². The zero-order valence-electron chi connectivity index (χ0n) is 11.7. The summed E-state index contributed by atoms with van der Waals surface area (Å²) in [7, 11) is 1.65. The molecule has 3 rings (SSSR count). The highest BCUT2D eigenvalue weighted by molar-refractivity contribution is 5.95. The van der Waals surface area contributed by atoms with Crippen LogP contribution in [0.15, 0.2) is 36.8 Å². The van der Waals surface area contributed by atoms with E-state index in [9.17, 15) is 4.79 Å². The van der Waals surface area contributed by atoms with Crippen LogP contribution in [0, 0.1) is 0 Å². The van der Waals surface area contributed by atoms with Crippen LogP contribution in [0.4, 0.5) is 0 Å². The molecule has 1 aliphatic carbocycles. The Labute approximate surface area is 118 Å². The minimum Gasteiger partial charge on any atom is -0.355 e. The molecule has 2 aromatic rings. The van der Waals surface area contributed by atoms with Crippen molar-refractivity contribution in [2.75, 3.05) is 7.05 Å². The lowest BCUT2D eigenvalue weighted by atomic mass is 10.1. The molecule has 1 saturated carbocycles. The van der Waals surface area contributed by atoms with Gasteiger partial charge in [-0.1, -0.05) is 25.0 Å². The first-order chi connectivity index (χ1) is 9.79. The summed E-state index contributed by atoms with van der Waals surface area (Å²) < 4.78 is 2.26. The van der Waals surface area contributed by atoms with Gasteiger partial charge in [0.05, 0.1) is 18.2 Å². The highest BCUT2D eigenvalue weighted by atomic mass is 16.1. The second kappa shape index (κ2) is 5.49. The number of imidazole rings is 1. The Morgan fingerprint density at radius 3 is 2.90 bits per heavy atom. The molecule has 1 N–H and O–H groups in total. The molecule has 0 bridgehead atoms. The number of carbonyl (C=O) groups is 1. The predicted octanol–water partition coefficient (Wildman–Crippen LogP) is 3.02. The third-order valence-corrected chi connectivity index (χ3v) is 4.03. The zero-order valence-corrected chi connectivity index (χ0v) is 11.7. The van der Waals surface area contributed by atoms with Gasteiger partial charge in [0.2, 0.25) is 0 Å². The summed E-state index contributed by atoms with van der Waals surface area (Å²) in [6, 6.07) is 8.27. The highest BCUT2D eigenvalue weighted by Gasteiger charge is 2.19. The van der Waals surface area contributed by atoms with Gasteiger partial charge in [0.1, 0.15) is 0 Å². The summed E-state index contributed by atoms with van der Waals surface area (Å²) in [6.45, 7) is 0. The maximum absolute atomic E-state index is 11.7. The monoisotopic (exact) mass is 269 g/mol. The Hall–Kier alpha value is -2.10. The Morgan fingerprint density at radius 2 is 2.15 bits per heavy atom. The number of nitrogens with one attached hydrogen (secondary N) is 1. The van der Waals surface area contributed by atoms with Gasteiger partial charge in [-0.2, -0.15) is 0 Å². The number of nitrogens with zero attached hydrogens (tertiary/aromatic N) is 2. The quantitative estimate of drug-likeness (QED) is 0.931. The second-order valence-corrected chi connectivity index (χ2v) is 5.28. The molecule has 1 heterocycles. The molecule has 1 aliphatic rings. The van der Waals surface area contributed by atoms with Crippen LogP contribution in [-0.2, 0) is 0 Å². The van der Waals surface area contributed by atoms with Crippen LogP contribution in [0.1, 0.15) is 42.1 Å². The van der Waals surface area contributed by atoms with Crippen LogP contribution in [-0.4, -0.2) is 22.5 Å². The van der Waals surface area contributed by atoms with Crippen molar-refractivity contribution in [1.29, 1.82) is 0 Å². The number of hydrogen-bond donors (Lipinski definition) is 1. The topological polar surface area (TPSA) is 46.9 Å². The van der Waals surface area contributed by atoms with E-state index in [-0.39, 0.29) is 5.91 Å². The van der Waals surface area contributed by atoms with Gasteiger partial charge in [0.15, 0.2) is 0 Å². The minimum atomic E-state index is -0.0567. The fourth-order valence-electron chi connectivity index (χ4n) is 2.97. The predicted molar refractivity (Wildman–Crippen MR) is 78.6 cm³/mol. The fourth-order valence-corrected chi connectivity index (χ4v) is 2.97. The van der Waals surface area contributed by atoms with Crippen LogP contribution in [0.2, 0.25) is 0 Å². The van der Waals surface area contributed by atoms with Crippen molar-refractivity contribution in [3.8, 4) is 11.3 Å². The molecule has 1 aromatic carbocycles. The smallest absolute Gasteiger partial charge is 0.251 e. The third-order valence-electron chi connectivity index (χ3n) is 4.03. The summed E-state index contributed by atoms with van der Waals surface area (Å²) in [5.41, 5.74) is 2.84. The number of rotatable bonds is 3. The maximum Gasteiger partial charge on any atom is 0.251 e. The van der Waals surface area contributed by atoms with Crippen molar-refractivity contribution in [3.63, 3.8) is 0 Å². The van der Waals surface area contributed by atoms with Gasteiger partial charge in [-0.05, 0) is 25.0 Å². The molecule has 20 heavy (non-hydrogen) atoms. The SMILES string of the molecule is CNC(=O)c1cccc(-c2cncn2C2CCCC2)c1. The molecule has 0 saturated heterocycles. The molecule has 0 atom stereocenters. The average molecular weight is 269 g/mol. The Bertz CT molecular complexity index is 612. The molecule has 1 fully saturated rings. The van der Waals surface area contributed by atoms with Crippen molar-refractivity contribution in [1.82, 2.24) is 14.9 Å². The maximum atomic E-state index is 11.7. The first kappa shape index (κ1) is 12.9. The Balaban J connectivity index is 1.97. The Kier molecular flexibility index (Phi) is 3.54. The van der Waals surface area contributed by atoms with E-state index >= 15 is 0 Å². The van der Waals surface area contributed by atoms with Gasteiger partial charge in [0, 0.05) is 24.2 Å². The average Bonchev–Trinajstić information content (AvgIpc) is 3.16. The molecule has 1 amide bonds. The molecule has 104 valence electrons. The first-order valence-electron chi connectivity index (χ1n) is 7.14. The summed E-state index contributed by atoms with van der Waals surface area (Å²) in [4.78, 5) is 16.0. The summed E-state index contributed by atoms with van der Waals surface area (Å²) in [5, 5.41) is 2.66. The lowest BCUT2D eigenvalue weighted by Crippen LogP contribution is -2.17. The van der Waals surface area contributed by atoms with E-state index in [4.69, 9.17) is 0 Å². The van der Waals surface area contributed by atoms with Crippen LogP contribution < -0.4 is 5.32 Å². The minimum absolute atomic E-state index is 0.0567. The number of aromatic nitrogens is 2. The van der Waals surface area contributed by atoms with Gasteiger partial charge in [-0.3, -0.25) is 4.79 Å². The van der Waals surface area contributed by atoms with E-state index in [2.05, 4.69) is 14.9 Å². The summed E-state index contributed by atoms with van der Waals surface area (Å²) in [6.07, 6.45) is 8.83. The number of carbonyl (C=O) groups excluding carboxylic acids is 1. The van der Waals surface area contributed by atoms with Crippen molar-refractivity contribution < 1.29 is 4.79 Å². The van der Waals surface area contributed by atoms with E-state index in [1.54, 1.807) is 7.05 Å². The molecule has 0 spiro atoms. The molecule has 1 aromatic heterocycles. The molecular weight excluding hydrogens is 250 g/mol. The zero-order chi connectivity index (χ0) is 13.9. The van der Waals surface area contributed by atoms with E-state index in [0.717, 1.165) is 11.3 Å². The van der Waals surface area contributed by atoms with Crippen molar-refractivity contribution in [2.24, 2.45) is 0 Å². The van der Waals surface area contributed by atoms with Crippen LogP contribution in [0.3, 0.4) is 0 Å². The number of benzene rings is 1. The van der Waals surface area contributed by atoms with E-state index in [1.807, 2.05) is 36.8 Å². The lowest BCUT2D eigenvalue weighted by Gasteiger charge is -2.15. The molecular formula is C16H19N3O. The van der Waals surface area contributed by atoms with E-state index in [1.165, 1.54) is 25.7 Å². The first-order valence-corrected chi connectivity index (χ1v) is 7.14. The van der Waals surface area contributed by atoms with Gasteiger partial charge < -0.3 is 9.88 Å². The van der Waals surface area contributed by atoms with Crippen LogP contribution >= 0.6 is 0 Å². The molecule has 4 heteroatoms. The highest BCUT2D eigenvalue weighted by Crippen LogP contribution is 2.33.